The van der Waals surface area contributed by atoms with Gasteiger partial charge >= 0.3 is 0 Å². The van der Waals surface area contributed by atoms with E-state index in [2.05, 4.69) is 22.1 Å². The van der Waals surface area contributed by atoms with Crippen molar-refractivity contribution in [2.45, 2.75) is 39.2 Å². The molecule has 0 amide bonds. The third-order valence-corrected chi connectivity index (χ3v) is 5.57. The van der Waals surface area contributed by atoms with Crippen LogP contribution < -0.4 is 5.32 Å². The fraction of sp³-hybridized carbons (Fsp3) is 0.524. The molecule has 1 aromatic heterocycles. The van der Waals surface area contributed by atoms with Gasteiger partial charge in [0.1, 0.15) is 12.0 Å². The Bertz CT molecular complexity index is 732. The highest BCUT2D eigenvalue weighted by atomic mass is 127. The van der Waals surface area contributed by atoms with Gasteiger partial charge in [-0.2, -0.15) is 0 Å². The van der Waals surface area contributed by atoms with E-state index in [4.69, 9.17) is 9.41 Å². The van der Waals surface area contributed by atoms with Crippen molar-refractivity contribution in [1.29, 1.82) is 0 Å². The van der Waals surface area contributed by atoms with Gasteiger partial charge in [-0.3, -0.25) is 0 Å². The molecule has 2 unspecified atom stereocenters. The summed E-state index contributed by atoms with van der Waals surface area (Å²) in [5, 5.41) is 3.46. The van der Waals surface area contributed by atoms with Gasteiger partial charge in [-0.25, -0.2) is 9.98 Å². The molecule has 146 valence electrons. The van der Waals surface area contributed by atoms with Gasteiger partial charge in [0, 0.05) is 25.2 Å². The zero-order valence-electron chi connectivity index (χ0n) is 15.9. The molecule has 0 bridgehead atoms. The van der Waals surface area contributed by atoms with Crippen LogP contribution in [0.4, 0.5) is 0 Å². The van der Waals surface area contributed by atoms with Crippen molar-refractivity contribution in [2.24, 2.45) is 16.8 Å². The maximum Gasteiger partial charge on any atom is 0.226 e. The van der Waals surface area contributed by atoms with Crippen molar-refractivity contribution in [2.75, 3.05) is 19.6 Å². The third-order valence-electron chi connectivity index (χ3n) is 5.57. The van der Waals surface area contributed by atoms with Crippen molar-refractivity contribution >= 4 is 29.9 Å². The summed E-state index contributed by atoms with van der Waals surface area (Å²) in [6.07, 6.45) is 7.27. The van der Waals surface area contributed by atoms with E-state index in [0.29, 0.717) is 12.4 Å². The number of likely N-dealkylation sites (tertiary alicyclic amines) is 1. The molecular formula is C21H29IN4O. The highest BCUT2D eigenvalue weighted by molar-refractivity contribution is 14.0. The molecule has 27 heavy (non-hydrogen) atoms. The van der Waals surface area contributed by atoms with Gasteiger partial charge in [-0.15, -0.1) is 24.0 Å². The summed E-state index contributed by atoms with van der Waals surface area (Å²) in [5.41, 5.74) is 1.87. The molecule has 0 spiro atoms. The highest BCUT2D eigenvalue weighted by Gasteiger charge is 2.35. The van der Waals surface area contributed by atoms with Crippen molar-refractivity contribution in [3.63, 3.8) is 0 Å². The second-order valence-electron chi connectivity index (χ2n) is 7.39. The highest BCUT2D eigenvalue weighted by Crippen LogP contribution is 2.36. The van der Waals surface area contributed by atoms with E-state index in [1.54, 1.807) is 6.26 Å². The number of aromatic nitrogens is 1. The summed E-state index contributed by atoms with van der Waals surface area (Å²) in [7, 11) is 0. The van der Waals surface area contributed by atoms with Crippen LogP contribution in [-0.2, 0) is 6.54 Å². The topological polar surface area (TPSA) is 53.7 Å². The Labute approximate surface area is 178 Å². The molecule has 2 aliphatic rings. The summed E-state index contributed by atoms with van der Waals surface area (Å²) < 4.78 is 5.63. The van der Waals surface area contributed by atoms with Crippen LogP contribution in [0.15, 0.2) is 46.0 Å². The molecule has 1 saturated carbocycles. The first-order valence-electron chi connectivity index (χ1n) is 9.86. The normalized spacial score (nSPS) is 22.3. The van der Waals surface area contributed by atoms with Crippen LogP contribution in [0.1, 0.15) is 38.3 Å². The molecule has 6 heteroatoms. The Morgan fingerprint density at radius 1 is 1.19 bits per heavy atom. The summed E-state index contributed by atoms with van der Waals surface area (Å²) in [5.74, 6) is 3.38. The molecule has 1 aliphatic carbocycles. The van der Waals surface area contributed by atoms with Crippen molar-refractivity contribution in [3.05, 3.63) is 42.3 Å². The monoisotopic (exact) mass is 480 g/mol. The Kier molecular flexibility index (Phi) is 7.15. The largest absolute Gasteiger partial charge is 0.444 e. The second kappa shape index (κ2) is 9.57. The van der Waals surface area contributed by atoms with Crippen molar-refractivity contribution in [1.82, 2.24) is 15.2 Å². The number of nitrogens with one attached hydrogen (secondary N) is 1. The zero-order chi connectivity index (χ0) is 17.8. The van der Waals surface area contributed by atoms with Crippen LogP contribution in [0.2, 0.25) is 0 Å². The maximum atomic E-state index is 5.63. The van der Waals surface area contributed by atoms with Crippen LogP contribution in [0.25, 0.3) is 11.5 Å². The van der Waals surface area contributed by atoms with E-state index < -0.39 is 0 Å². The Balaban J connectivity index is 0.00000210. The van der Waals surface area contributed by atoms with Gasteiger partial charge in [0.15, 0.2) is 5.96 Å². The summed E-state index contributed by atoms with van der Waals surface area (Å²) >= 11 is 0. The minimum absolute atomic E-state index is 0. The van der Waals surface area contributed by atoms with Gasteiger partial charge in [-0.05, 0) is 43.7 Å². The lowest BCUT2D eigenvalue weighted by molar-refractivity contribution is 0.299. The molecule has 0 radical (unpaired) electrons. The Morgan fingerprint density at radius 3 is 2.56 bits per heavy atom. The maximum absolute atomic E-state index is 5.63. The Morgan fingerprint density at radius 2 is 1.89 bits per heavy atom. The van der Waals surface area contributed by atoms with Gasteiger partial charge in [0.25, 0.3) is 0 Å². The fourth-order valence-corrected chi connectivity index (χ4v) is 4.25. The van der Waals surface area contributed by atoms with E-state index in [0.717, 1.165) is 48.7 Å². The number of fused-ring (bicyclic) bond motifs is 1. The molecule has 4 rings (SSSR count). The van der Waals surface area contributed by atoms with Crippen LogP contribution >= 0.6 is 24.0 Å². The standard InChI is InChI=1S/C21H28N4O.HI/c1-2-22-21(25-13-17-10-6-7-11-18(17)14-25)23-12-19-15-26-20(24-19)16-8-4-3-5-9-16;/h3-5,8-9,15,17-18H,2,6-7,10-14H2,1H3,(H,22,23);1H. The first-order chi connectivity index (χ1) is 12.8. The van der Waals surface area contributed by atoms with Gasteiger partial charge < -0.3 is 14.6 Å². The molecular weight excluding hydrogens is 451 g/mol. The second-order valence-corrected chi connectivity index (χ2v) is 7.39. The molecule has 1 aromatic carbocycles. The van der Waals surface area contributed by atoms with Crippen molar-refractivity contribution in [3.8, 4) is 11.5 Å². The number of benzene rings is 1. The van der Waals surface area contributed by atoms with Crippen LogP contribution in [0.5, 0.6) is 0 Å². The number of guanidine groups is 1. The first kappa shape index (κ1) is 20.2. The van der Waals surface area contributed by atoms with Crippen molar-refractivity contribution < 1.29 is 4.42 Å². The quantitative estimate of drug-likeness (QED) is 0.397. The van der Waals surface area contributed by atoms with E-state index in [1.165, 1.54) is 25.7 Å². The number of hydrogen-bond donors (Lipinski definition) is 1. The SMILES string of the molecule is CCNC(=NCc1coc(-c2ccccc2)n1)N1CC2CCCCC2C1.I. The summed E-state index contributed by atoms with van der Waals surface area (Å²) in [6.45, 7) is 5.85. The number of rotatable bonds is 4. The minimum Gasteiger partial charge on any atom is -0.444 e. The molecule has 1 aliphatic heterocycles. The Hall–Kier alpha value is -1.57. The van der Waals surface area contributed by atoms with Gasteiger partial charge in [0.2, 0.25) is 5.89 Å². The van der Waals surface area contributed by atoms with E-state index in [9.17, 15) is 0 Å². The minimum atomic E-state index is 0. The number of oxazole rings is 1. The first-order valence-corrected chi connectivity index (χ1v) is 9.86. The predicted molar refractivity (Wildman–Crippen MR) is 119 cm³/mol. The molecule has 2 fully saturated rings. The molecule has 2 atom stereocenters. The lowest BCUT2D eigenvalue weighted by Crippen LogP contribution is -2.40. The lowest BCUT2D eigenvalue weighted by Gasteiger charge is -2.22. The predicted octanol–water partition coefficient (Wildman–Crippen LogP) is 4.55. The molecule has 2 aromatic rings. The molecule has 5 nitrogen and oxygen atoms in total. The fourth-order valence-electron chi connectivity index (χ4n) is 4.25. The van der Waals surface area contributed by atoms with Crippen LogP contribution in [0.3, 0.4) is 0 Å². The average molecular weight is 480 g/mol. The number of halogens is 1. The van der Waals surface area contributed by atoms with Gasteiger partial charge in [-0.1, -0.05) is 31.0 Å². The lowest BCUT2D eigenvalue weighted by atomic mass is 9.82. The number of nitrogens with zero attached hydrogens (tertiary/aromatic N) is 3. The zero-order valence-corrected chi connectivity index (χ0v) is 18.3. The molecule has 1 saturated heterocycles. The molecule has 2 heterocycles. The van der Waals surface area contributed by atoms with Gasteiger partial charge in [0.05, 0.1) is 6.54 Å². The van der Waals surface area contributed by atoms with E-state index >= 15 is 0 Å². The average Bonchev–Trinajstić information content (AvgIpc) is 3.32. The summed E-state index contributed by atoms with van der Waals surface area (Å²) in [6, 6.07) is 10.00. The smallest absolute Gasteiger partial charge is 0.226 e. The number of aliphatic imine (C=N–C) groups is 1. The van der Waals surface area contributed by atoms with Crippen LogP contribution in [-0.4, -0.2) is 35.5 Å². The molecule has 1 N–H and O–H groups in total. The van der Waals surface area contributed by atoms with E-state index in [1.807, 2.05) is 30.3 Å². The van der Waals surface area contributed by atoms with Crippen LogP contribution in [0, 0.1) is 11.8 Å². The third kappa shape index (κ3) is 4.83. The van der Waals surface area contributed by atoms with E-state index in [-0.39, 0.29) is 24.0 Å². The number of hydrogen-bond acceptors (Lipinski definition) is 3. The summed E-state index contributed by atoms with van der Waals surface area (Å²) in [4.78, 5) is 11.9.